The standard InChI is InChI=1S/C24H23Cl2IN2O3/c1-3-31-22-11-16(13-28-18-8-5-17(25)6-9-18)10-21(27)24(22)32-14-23(30)29-19-7-4-15(2)20(26)12-19/h4-12,28H,3,13-14H2,1-2H3,(H,29,30). The summed E-state index contributed by atoms with van der Waals surface area (Å²) in [5, 5.41) is 7.44. The number of hydrogen-bond donors (Lipinski definition) is 2. The molecule has 0 aliphatic rings. The van der Waals surface area contributed by atoms with Gasteiger partial charge in [-0.15, -0.1) is 0 Å². The molecule has 0 unspecified atom stereocenters. The van der Waals surface area contributed by atoms with Gasteiger partial charge in [0.05, 0.1) is 10.2 Å². The van der Waals surface area contributed by atoms with Crippen LogP contribution in [0.4, 0.5) is 11.4 Å². The number of anilines is 2. The first-order chi connectivity index (χ1) is 15.4. The number of rotatable bonds is 9. The average molecular weight is 585 g/mol. The highest BCUT2D eigenvalue weighted by Crippen LogP contribution is 2.34. The summed E-state index contributed by atoms with van der Waals surface area (Å²) in [7, 11) is 0. The number of halogens is 3. The predicted molar refractivity (Wildman–Crippen MR) is 139 cm³/mol. The molecule has 0 aromatic heterocycles. The van der Waals surface area contributed by atoms with Crippen molar-refractivity contribution in [2.75, 3.05) is 23.8 Å². The number of carbonyl (C=O) groups is 1. The van der Waals surface area contributed by atoms with E-state index < -0.39 is 0 Å². The van der Waals surface area contributed by atoms with E-state index in [0.717, 1.165) is 20.4 Å². The Labute approximate surface area is 211 Å². The predicted octanol–water partition coefficient (Wildman–Crippen LogP) is 6.93. The van der Waals surface area contributed by atoms with Crippen LogP contribution in [0.2, 0.25) is 10.0 Å². The minimum absolute atomic E-state index is 0.149. The fraction of sp³-hybridized carbons (Fsp3) is 0.208. The summed E-state index contributed by atoms with van der Waals surface area (Å²) in [5.74, 6) is 0.856. The van der Waals surface area contributed by atoms with Crippen molar-refractivity contribution in [1.82, 2.24) is 0 Å². The van der Waals surface area contributed by atoms with Gasteiger partial charge in [-0.05, 0) is 96.1 Å². The molecule has 0 atom stereocenters. The molecule has 8 heteroatoms. The number of aryl methyl sites for hydroxylation is 1. The molecule has 0 saturated carbocycles. The zero-order valence-electron chi connectivity index (χ0n) is 17.7. The zero-order valence-corrected chi connectivity index (χ0v) is 21.3. The zero-order chi connectivity index (χ0) is 23.1. The van der Waals surface area contributed by atoms with Crippen LogP contribution in [-0.4, -0.2) is 19.1 Å². The van der Waals surface area contributed by atoms with E-state index in [9.17, 15) is 4.79 Å². The summed E-state index contributed by atoms with van der Waals surface area (Å²) in [6, 6.07) is 16.8. The fourth-order valence-electron chi connectivity index (χ4n) is 2.90. The molecule has 3 rings (SSSR count). The summed E-state index contributed by atoms with van der Waals surface area (Å²) in [6.45, 7) is 4.75. The van der Waals surface area contributed by atoms with E-state index in [0.29, 0.717) is 40.4 Å². The molecule has 0 spiro atoms. The van der Waals surface area contributed by atoms with Gasteiger partial charge in [0.1, 0.15) is 0 Å². The second kappa shape index (κ2) is 11.6. The molecule has 0 heterocycles. The Kier molecular flexibility index (Phi) is 8.90. The molecule has 3 aromatic rings. The van der Waals surface area contributed by atoms with Gasteiger partial charge in [0.15, 0.2) is 18.1 Å². The summed E-state index contributed by atoms with van der Waals surface area (Å²) >= 11 is 14.3. The van der Waals surface area contributed by atoms with Crippen molar-refractivity contribution < 1.29 is 14.3 Å². The third-order valence-electron chi connectivity index (χ3n) is 4.51. The van der Waals surface area contributed by atoms with E-state index in [2.05, 4.69) is 33.2 Å². The van der Waals surface area contributed by atoms with Gasteiger partial charge in [-0.3, -0.25) is 4.79 Å². The Morgan fingerprint density at radius 3 is 2.41 bits per heavy atom. The van der Waals surface area contributed by atoms with Crippen LogP contribution in [0.15, 0.2) is 54.6 Å². The monoisotopic (exact) mass is 584 g/mol. The van der Waals surface area contributed by atoms with E-state index in [1.54, 1.807) is 12.1 Å². The molecule has 168 valence electrons. The maximum Gasteiger partial charge on any atom is 0.262 e. The molecule has 0 fully saturated rings. The van der Waals surface area contributed by atoms with Crippen LogP contribution in [0.25, 0.3) is 0 Å². The summed E-state index contributed by atoms with van der Waals surface area (Å²) in [6.07, 6.45) is 0. The van der Waals surface area contributed by atoms with Gasteiger partial charge in [-0.1, -0.05) is 29.3 Å². The van der Waals surface area contributed by atoms with Gasteiger partial charge in [0.25, 0.3) is 5.91 Å². The lowest BCUT2D eigenvalue weighted by atomic mass is 10.2. The highest BCUT2D eigenvalue weighted by Gasteiger charge is 2.14. The molecule has 2 N–H and O–H groups in total. The Hall–Kier alpha value is -2.16. The lowest BCUT2D eigenvalue weighted by Gasteiger charge is -2.16. The van der Waals surface area contributed by atoms with Gasteiger partial charge in [0.2, 0.25) is 0 Å². The molecule has 1 amide bonds. The van der Waals surface area contributed by atoms with Crippen LogP contribution in [-0.2, 0) is 11.3 Å². The number of amides is 1. The van der Waals surface area contributed by atoms with Gasteiger partial charge < -0.3 is 20.1 Å². The van der Waals surface area contributed by atoms with E-state index in [4.69, 9.17) is 32.7 Å². The van der Waals surface area contributed by atoms with Crippen LogP contribution in [0.1, 0.15) is 18.1 Å². The normalized spacial score (nSPS) is 10.5. The second-order valence-electron chi connectivity index (χ2n) is 7.00. The number of benzene rings is 3. The molecule has 0 bridgehead atoms. The third-order valence-corrected chi connectivity index (χ3v) is 5.97. The topological polar surface area (TPSA) is 59.6 Å². The summed E-state index contributed by atoms with van der Waals surface area (Å²) < 4.78 is 12.5. The van der Waals surface area contributed by atoms with E-state index in [1.807, 2.05) is 56.3 Å². The molecule has 0 saturated heterocycles. The highest BCUT2D eigenvalue weighted by molar-refractivity contribution is 14.1. The quantitative estimate of drug-likeness (QED) is 0.268. The third kappa shape index (κ3) is 6.92. The van der Waals surface area contributed by atoms with Crippen molar-refractivity contribution in [1.29, 1.82) is 0 Å². The first-order valence-corrected chi connectivity index (χ1v) is 11.8. The van der Waals surface area contributed by atoms with Gasteiger partial charge in [-0.25, -0.2) is 0 Å². The van der Waals surface area contributed by atoms with Crippen LogP contribution in [0.3, 0.4) is 0 Å². The molecule has 32 heavy (non-hydrogen) atoms. The second-order valence-corrected chi connectivity index (χ2v) is 9.01. The minimum atomic E-state index is -0.281. The van der Waals surface area contributed by atoms with Crippen molar-refractivity contribution in [3.05, 3.63) is 79.3 Å². The Bertz CT molecular complexity index is 1090. The largest absolute Gasteiger partial charge is 0.490 e. The average Bonchev–Trinajstić information content (AvgIpc) is 2.75. The molecule has 0 aliphatic carbocycles. The fourth-order valence-corrected chi connectivity index (χ4v) is 4.03. The lowest BCUT2D eigenvalue weighted by molar-refractivity contribution is -0.118. The summed E-state index contributed by atoms with van der Waals surface area (Å²) in [4.78, 5) is 12.4. The van der Waals surface area contributed by atoms with Crippen LogP contribution in [0.5, 0.6) is 11.5 Å². The Morgan fingerprint density at radius 1 is 1.00 bits per heavy atom. The Morgan fingerprint density at radius 2 is 1.72 bits per heavy atom. The lowest BCUT2D eigenvalue weighted by Crippen LogP contribution is -2.20. The minimum Gasteiger partial charge on any atom is -0.490 e. The molecule has 0 radical (unpaired) electrons. The maximum atomic E-state index is 12.4. The van der Waals surface area contributed by atoms with Crippen molar-refractivity contribution in [2.45, 2.75) is 20.4 Å². The number of ether oxygens (including phenoxy) is 2. The smallest absolute Gasteiger partial charge is 0.262 e. The SMILES string of the molecule is CCOc1cc(CNc2ccc(Cl)cc2)cc(I)c1OCC(=O)Nc1ccc(C)c(Cl)c1. The molecule has 0 aliphatic heterocycles. The molecular formula is C24H23Cl2IN2O3. The van der Waals surface area contributed by atoms with Gasteiger partial charge in [-0.2, -0.15) is 0 Å². The van der Waals surface area contributed by atoms with Crippen LogP contribution in [0, 0.1) is 10.5 Å². The molecular weight excluding hydrogens is 562 g/mol. The van der Waals surface area contributed by atoms with Crippen molar-refractivity contribution >= 4 is 63.1 Å². The van der Waals surface area contributed by atoms with Gasteiger partial charge >= 0.3 is 0 Å². The van der Waals surface area contributed by atoms with E-state index in [1.165, 1.54) is 0 Å². The first-order valence-electron chi connectivity index (χ1n) is 9.99. The number of nitrogens with one attached hydrogen (secondary N) is 2. The Balaban J connectivity index is 1.66. The van der Waals surface area contributed by atoms with Crippen molar-refractivity contribution in [3.63, 3.8) is 0 Å². The number of carbonyl (C=O) groups excluding carboxylic acids is 1. The van der Waals surface area contributed by atoms with Gasteiger partial charge in [0, 0.05) is 28.0 Å². The summed E-state index contributed by atoms with van der Waals surface area (Å²) in [5.41, 5.74) is 3.56. The molecule has 3 aromatic carbocycles. The van der Waals surface area contributed by atoms with Crippen LogP contribution < -0.4 is 20.1 Å². The molecule has 5 nitrogen and oxygen atoms in total. The van der Waals surface area contributed by atoms with E-state index >= 15 is 0 Å². The maximum absolute atomic E-state index is 12.4. The number of hydrogen-bond acceptors (Lipinski definition) is 4. The first kappa shape index (κ1) is 24.5. The highest BCUT2D eigenvalue weighted by atomic mass is 127. The van der Waals surface area contributed by atoms with Crippen molar-refractivity contribution in [2.24, 2.45) is 0 Å². The van der Waals surface area contributed by atoms with Crippen LogP contribution >= 0.6 is 45.8 Å². The van der Waals surface area contributed by atoms with Crippen molar-refractivity contribution in [3.8, 4) is 11.5 Å². The van der Waals surface area contributed by atoms with E-state index in [-0.39, 0.29) is 12.5 Å².